The van der Waals surface area contributed by atoms with Gasteiger partial charge in [-0.1, -0.05) is 47.6 Å². The molecule has 4 aromatic rings. The van der Waals surface area contributed by atoms with Crippen molar-refractivity contribution in [3.8, 4) is 22.8 Å². The number of carbonyl (C=O) groups is 1. The summed E-state index contributed by atoms with van der Waals surface area (Å²) in [4.78, 5) is 12.5. The van der Waals surface area contributed by atoms with Gasteiger partial charge in [0.25, 0.3) is 0 Å². The van der Waals surface area contributed by atoms with E-state index >= 15 is 0 Å². The number of rotatable bonds is 7. The lowest BCUT2D eigenvalue weighted by Gasteiger charge is -2.07. The molecule has 3 aromatic carbocycles. The van der Waals surface area contributed by atoms with E-state index < -0.39 is 0 Å². The van der Waals surface area contributed by atoms with Crippen LogP contribution in [-0.4, -0.2) is 25.3 Å². The van der Waals surface area contributed by atoms with Gasteiger partial charge in [0, 0.05) is 11.6 Å². The van der Waals surface area contributed by atoms with E-state index in [9.17, 15) is 4.79 Å². The lowest BCUT2D eigenvalue weighted by atomic mass is 10.0. The zero-order chi connectivity index (χ0) is 20.9. The van der Waals surface area contributed by atoms with Gasteiger partial charge in [-0.25, -0.2) is 0 Å². The molecule has 0 aliphatic carbocycles. The van der Waals surface area contributed by atoms with E-state index in [0.717, 1.165) is 21.9 Å². The van der Waals surface area contributed by atoms with E-state index in [2.05, 4.69) is 10.5 Å². The summed E-state index contributed by atoms with van der Waals surface area (Å²) in [5.74, 6) is 1.77. The number of hydrogen-bond donors (Lipinski definition) is 1. The lowest BCUT2D eigenvalue weighted by molar-refractivity contribution is -0.120. The first-order valence-corrected chi connectivity index (χ1v) is 9.59. The van der Waals surface area contributed by atoms with Gasteiger partial charge in [-0.2, -0.15) is 0 Å². The Labute approximate surface area is 174 Å². The maximum absolute atomic E-state index is 12.5. The van der Waals surface area contributed by atoms with Crippen molar-refractivity contribution in [1.29, 1.82) is 0 Å². The van der Waals surface area contributed by atoms with Crippen LogP contribution in [0.4, 0.5) is 0 Å². The normalized spacial score (nSPS) is 10.7. The first kappa shape index (κ1) is 19.5. The summed E-state index contributed by atoms with van der Waals surface area (Å²) in [7, 11) is 3.17. The Balaban J connectivity index is 1.41. The number of ether oxygens (including phenoxy) is 2. The molecule has 0 saturated carbocycles. The molecule has 6 heteroatoms. The molecule has 0 spiro atoms. The maximum atomic E-state index is 12.5. The molecule has 0 unspecified atom stereocenters. The van der Waals surface area contributed by atoms with Crippen LogP contribution in [0.1, 0.15) is 11.3 Å². The summed E-state index contributed by atoms with van der Waals surface area (Å²) in [6.07, 6.45) is 0.307. The average molecular weight is 402 g/mol. The highest BCUT2D eigenvalue weighted by molar-refractivity contribution is 5.90. The number of nitrogens with zero attached hydrogens (tertiary/aromatic N) is 1. The van der Waals surface area contributed by atoms with Crippen molar-refractivity contribution in [1.82, 2.24) is 10.5 Å². The highest BCUT2D eigenvalue weighted by atomic mass is 16.5. The van der Waals surface area contributed by atoms with Crippen LogP contribution in [0.25, 0.3) is 22.1 Å². The molecule has 1 N–H and O–H groups in total. The number of methoxy groups -OCH3 is 2. The molecule has 1 amide bonds. The number of nitrogens with one attached hydrogen (secondary N) is 1. The van der Waals surface area contributed by atoms with Gasteiger partial charge < -0.3 is 19.3 Å². The SMILES string of the molecule is COc1ccc(-c2cc(CNC(=O)Cc3cccc4ccccc34)no2)cc1OC. The first-order chi connectivity index (χ1) is 14.7. The summed E-state index contributed by atoms with van der Waals surface area (Å²) < 4.78 is 16.0. The van der Waals surface area contributed by atoms with Crippen LogP contribution in [0.15, 0.2) is 71.3 Å². The minimum Gasteiger partial charge on any atom is -0.493 e. The minimum atomic E-state index is -0.0676. The van der Waals surface area contributed by atoms with Gasteiger partial charge in [-0.15, -0.1) is 0 Å². The molecule has 0 aliphatic heterocycles. The monoisotopic (exact) mass is 402 g/mol. The average Bonchev–Trinajstić information content (AvgIpc) is 3.26. The Morgan fingerprint density at radius 3 is 2.60 bits per heavy atom. The van der Waals surface area contributed by atoms with Crippen LogP contribution < -0.4 is 14.8 Å². The van der Waals surface area contributed by atoms with Gasteiger partial charge in [0.15, 0.2) is 17.3 Å². The lowest BCUT2D eigenvalue weighted by Crippen LogP contribution is -2.24. The molecule has 0 saturated heterocycles. The number of aromatic nitrogens is 1. The second-order valence-corrected chi connectivity index (χ2v) is 6.84. The fraction of sp³-hybridized carbons (Fsp3) is 0.167. The van der Waals surface area contributed by atoms with E-state index in [1.54, 1.807) is 20.3 Å². The van der Waals surface area contributed by atoms with E-state index in [1.165, 1.54) is 0 Å². The van der Waals surface area contributed by atoms with Crippen LogP contribution in [0.5, 0.6) is 11.5 Å². The number of carbonyl (C=O) groups excluding carboxylic acids is 1. The van der Waals surface area contributed by atoms with Crippen molar-refractivity contribution in [3.05, 3.63) is 78.0 Å². The van der Waals surface area contributed by atoms with Crippen molar-refractivity contribution >= 4 is 16.7 Å². The third-order valence-corrected chi connectivity index (χ3v) is 4.92. The Hall–Kier alpha value is -3.80. The molecular formula is C24H22N2O4. The van der Waals surface area contributed by atoms with Crippen molar-refractivity contribution in [2.45, 2.75) is 13.0 Å². The van der Waals surface area contributed by atoms with Crippen molar-refractivity contribution in [2.75, 3.05) is 14.2 Å². The van der Waals surface area contributed by atoms with E-state index in [-0.39, 0.29) is 5.91 Å². The predicted octanol–water partition coefficient (Wildman–Crippen LogP) is 4.37. The molecule has 30 heavy (non-hydrogen) atoms. The molecular weight excluding hydrogens is 380 g/mol. The van der Waals surface area contributed by atoms with Gasteiger partial charge in [0.1, 0.15) is 5.69 Å². The maximum Gasteiger partial charge on any atom is 0.224 e. The van der Waals surface area contributed by atoms with Crippen molar-refractivity contribution in [3.63, 3.8) is 0 Å². The first-order valence-electron chi connectivity index (χ1n) is 9.59. The quantitative estimate of drug-likeness (QED) is 0.497. The van der Waals surface area contributed by atoms with Crippen LogP contribution in [0.3, 0.4) is 0 Å². The second kappa shape index (κ2) is 8.69. The van der Waals surface area contributed by atoms with E-state index in [0.29, 0.717) is 35.9 Å². The zero-order valence-corrected chi connectivity index (χ0v) is 16.8. The molecule has 1 aromatic heterocycles. The van der Waals surface area contributed by atoms with Crippen molar-refractivity contribution < 1.29 is 18.8 Å². The van der Waals surface area contributed by atoms with Crippen LogP contribution in [0.2, 0.25) is 0 Å². The summed E-state index contributed by atoms with van der Waals surface area (Å²) in [5.41, 5.74) is 2.45. The summed E-state index contributed by atoms with van der Waals surface area (Å²) in [6, 6.07) is 21.3. The Morgan fingerprint density at radius 1 is 0.967 bits per heavy atom. The minimum absolute atomic E-state index is 0.0676. The zero-order valence-electron chi connectivity index (χ0n) is 16.8. The van der Waals surface area contributed by atoms with Gasteiger partial charge in [0.05, 0.1) is 27.2 Å². The molecule has 0 atom stereocenters. The molecule has 1 heterocycles. The number of benzene rings is 3. The molecule has 0 radical (unpaired) electrons. The number of amides is 1. The van der Waals surface area contributed by atoms with Gasteiger partial charge in [0.2, 0.25) is 5.91 Å². The highest BCUT2D eigenvalue weighted by Gasteiger charge is 2.12. The van der Waals surface area contributed by atoms with E-state index in [1.807, 2.05) is 60.7 Å². The van der Waals surface area contributed by atoms with Crippen LogP contribution in [-0.2, 0) is 17.8 Å². The topological polar surface area (TPSA) is 73.6 Å². The molecule has 0 fully saturated rings. The molecule has 0 bridgehead atoms. The fourth-order valence-corrected chi connectivity index (χ4v) is 3.39. The summed E-state index contributed by atoms with van der Waals surface area (Å²) in [6.45, 7) is 0.292. The standard InChI is InChI=1S/C24H22N2O4/c1-28-21-11-10-18(12-23(21)29-2)22-14-19(26-30-22)15-25-24(27)13-17-8-5-7-16-6-3-4-9-20(16)17/h3-12,14H,13,15H2,1-2H3,(H,25,27). The van der Waals surface area contributed by atoms with Crippen molar-refractivity contribution in [2.24, 2.45) is 0 Å². The van der Waals surface area contributed by atoms with Gasteiger partial charge in [-0.05, 0) is 34.5 Å². The predicted molar refractivity (Wildman–Crippen MR) is 115 cm³/mol. The number of fused-ring (bicyclic) bond motifs is 1. The summed E-state index contributed by atoms with van der Waals surface area (Å²) >= 11 is 0. The van der Waals surface area contributed by atoms with Gasteiger partial charge >= 0.3 is 0 Å². The molecule has 0 aliphatic rings. The van der Waals surface area contributed by atoms with Crippen LogP contribution in [0, 0.1) is 0 Å². The third kappa shape index (κ3) is 4.12. The largest absolute Gasteiger partial charge is 0.493 e. The molecule has 152 valence electrons. The Bertz CT molecular complexity index is 1180. The Morgan fingerprint density at radius 2 is 1.77 bits per heavy atom. The second-order valence-electron chi connectivity index (χ2n) is 6.84. The Kier molecular flexibility index (Phi) is 5.66. The summed E-state index contributed by atoms with van der Waals surface area (Å²) in [5, 5.41) is 9.18. The van der Waals surface area contributed by atoms with Gasteiger partial charge in [-0.3, -0.25) is 4.79 Å². The number of hydrogen-bond acceptors (Lipinski definition) is 5. The third-order valence-electron chi connectivity index (χ3n) is 4.92. The van der Waals surface area contributed by atoms with Crippen LogP contribution >= 0.6 is 0 Å². The highest BCUT2D eigenvalue weighted by Crippen LogP contribution is 2.32. The molecule has 4 rings (SSSR count). The fourth-order valence-electron chi connectivity index (χ4n) is 3.39. The van der Waals surface area contributed by atoms with E-state index in [4.69, 9.17) is 14.0 Å². The molecule has 6 nitrogen and oxygen atoms in total. The smallest absolute Gasteiger partial charge is 0.224 e.